The van der Waals surface area contributed by atoms with Crippen molar-refractivity contribution in [3.63, 3.8) is 0 Å². The summed E-state index contributed by atoms with van der Waals surface area (Å²) in [5, 5.41) is 8.63. The van der Waals surface area contributed by atoms with Crippen LogP contribution in [0, 0.1) is 5.41 Å². The molecular formula is C15H22ClNO3. The summed E-state index contributed by atoms with van der Waals surface area (Å²) >= 11 is 5.98. The minimum atomic E-state index is -0.542. The van der Waals surface area contributed by atoms with Gasteiger partial charge in [0.05, 0.1) is 17.8 Å². The fraction of sp³-hybridized carbons (Fsp3) is 0.533. The third-order valence-electron chi connectivity index (χ3n) is 2.82. The van der Waals surface area contributed by atoms with Gasteiger partial charge >= 0.3 is 0 Å². The largest absolute Gasteiger partial charge is 0.495 e. The Morgan fingerprint density at radius 3 is 2.45 bits per heavy atom. The third-order valence-corrected chi connectivity index (χ3v) is 3.13. The molecule has 0 aromatic heterocycles. The maximum absolute atomic E-state index is 8.04. The minimum Gasteiger partial charge on any atom is -0.495 e. The van der Waals surface area contributed by atoms with Crippen LogP contribution in [0.4, 0.5) is 0 Å². The average molecular weight is 300 g/mol. The number of aryl methyl sites for hydroxylation is 1. The van der Waals surface area contributed by atoms with Crippen LogP contribution in [0.15, 0.2) is 18.2 Å². The van der Waals surface area contributed by atoms with Crippen molar-refractivity contribution >= 4 is 17.3 Å². The Labute approximate surface area is 125 Å². The topological polar surface area (TPSA) is 51.5 Å². The molecule has 1 rings (SSSR count). The summed E-state index contributed by atoms with van der Waals surface area (Å²) in [6, 6.07) is 5.64. The first-order valence-corrected chi connectivity index (χ1v) is 7.13. The molecule has 0 spiro atoms. The lowest BCUT2D eigenvalue weighted by molar-refractivity contribution is -0.0914. The standard InChI is InChI=1S/C15H22ClNO3/c1-4-19-15(20-5-2)13(17)9-7-11-6-8-12(16)14(10-11)18-3/h6,8,10,15,17H,4-5,7,9H2,1-3H3. The van der Waals surface area contributed by atoms with Gasteiger partial charge in [0, 0.05) is 13.2 Å². The molecule has 0 aliphatic rings. The van der Waals surface area contributed by atoms with E-state index in [9.17, 15) is 0 Å². The van der Waals surface area contributed by atoms with Crippen molar-refractivity contribution in [3.05, 3.63) is 28.8 Å². The Kier molecular flexibility index (Phi) is 7.59. The number of rotatable bonds is 9. The highest BCUT2D eigenvalue weighted by Crippen LogP contribution is 2.25. The van der Waals surface area contributed by atoms with E-state index in [1.165, 1.54) is 0 Å². The van der Waals surface area contributed by atoms with Gasteiger partial charge in [0.25, 0.3) is 0 Å². The van der Waals surface area contributed by atoms with Crippen molar-refractivity contribution in [3.8, 4) is 5.75 Å². The summed E-state index contributed by atoms with van der Waals surface area (Å²) < 4.78 is 16.0. The quantitative estimate of drug-likeness (QED) is 0.559. The van der Waals surface area contributed by atoms with Crippen molar-refractivity contribution in [1.29, 1.82) is 5.41 Å². The summed E-state index contributed by atoms with van der Waals surface area (Å²) in [6.45, 7) is 4.84. The van der Waals surface area contributed by atoms with E-state index in [0.29, 0.717) is 36.1 Å². The molecule has 1 aromatic rings. The highest BCUT2D eigenvalue weighted by atomic mass is 35.5. The number of benzene rings is 1. The lowest BCUT2D eigenvalue weighted by Crippen LogP contribution is -2.27. The van der Waals surface area contributed by atoms with Crippen molar-refractivity contribution in [2.45, 2.75) is 33.0 Å². The zero-order valence-electron chi connectivity index (χ0n) is 12.2. The van der Waals surface area contributed by atoms with E-state index in [1.54, 1.807) is 7.11 Å². The van der Waals surface area contributed by atoms with Gasteiger partial charge in [0.1, 0.15) is 5.75 Å². The highest BCUT2D eigenvalue weighted by Gasteiger charge is 2.14. The number of ether oxygens (including phenoxy) is 3. The monoisotopic (exact) mass is 299 g/mol. The molecule has 0 saturated heterocycles. The number of hydrogen-bond donors (Lipinski definition) is 1. The first-order valence-electron chi connectivity index (χ1n) is 6.75. The van der Waals surface area contributed by atoms with Crippen LogP contribution in [-0.2, 0) is 15.9 Å². The zero-order valence-corrected chi connectivity index (χ0v) is 13.0. The fourth-order valence-electron chi connectivity index (χ4n) is 1.81. The SMILES string of the molecule is CCOC(OCC)C(=N)CCc1ccc(Cl)c(OC)c1. The summed E-state index contributed by atoms with van der Waals surface area (Å²) in [4.78, 5) is 0. The molecule has 4 nitrogen and oxygen atoms in total. The maximum atomic E-state index is 8.04. The number of nitrogens with one attached hydrogen (secondary N) is 1. The van der Waals surface area contributed by atoms with E-state index < -0.39 is 6.29 Å². The molecule has 0 bridgehead atoms. The van der Waals surface area contributed by atoms with Gasteiger partial charge in [-0.25, -0.2) is 0 Å². The van der Waals surface area contributed by atoms with E-state index in [0.717, 1.165) is 12.0 Å². The molecule has 0 atom stereocenters. The summed E-state index contributed by atoms with van der Waals surface area (Å²) in [5.74, 6) is 0.655. The van der Waals surface area contributed by atoms with Gasteiger partial charge in [-0.15, -0.1) is 0 Å². The van der Waals surface area contributed by atoms with Gasteiger partial charge in [-0.2, -0.15) is 0 Å². The van der Waals surface area contributed by atoms with Crippen LogP contribution in [0.25, 0.3) is 0 Å². The molecule has 1 aromatic carbocycles. The maximum Gasteiger partial charge on any atom is 0.196 e. The van der Waals surface area contributed by atoms with Crippen LogP contribution in [0.2, 0.25) is 5.02 Å². The van der Waals surface area contributed by atoms with Crippen LogP contribution in [0.1, 0.15) is 25.8 Å². The van der Waals surface area contributed by atoms with Crippen LogP contribution in [-0.4, -0.2) is 32.3 Å². The van der Waals surface area contributed by atoms with E-state index in [2.05, 4.69) is 0 Å². The van der Waals surface area contributed by atoms with E-state index >= 15 is 0 Å². The van der Waals surface area contributed by atoms with Gasteiger partial charge in [0.2, 0.25) is 0 Å². The Bertz CT molecular complexity index is 431. The van der Waals surface area contributed by atoms with Crippen molar-refractivity contribution in [2.24, 2.45) is 0 Å². The smallest absolute Gasteiger partial charge is 0.196 e. The molecule has 0 saturated carbocycles. The van der Waals surface area contributed by atoms with Gasteiger partial charge < -0.3 is 19.6 Å². The second-order valence-electron chi connectivity index (χ2n) is 4.24. The lowest BCUT2D eigenvalue weighted by Gasteiger charge is -2.18. The molecule has 0 amide bonds. The predicted molar refractivity (Wildman–Crippen MR) is 81.1 cm³/mol. The molecule has 1 N–H and O–H groups in total. The number of hydrogen-bond acceptors (Lipinski definition) is 4. The molecule has 20 heavy (non-hydrogen) atoms. The highest BCUT2D eigenvalue weighted by molar-refractivity contribution is 6.32. The molecule has 0 unspecified atom stereocenters. The predicted octanol–water partition coefficient (Wildman–Crippen LogP) is 3.70. The third kappa shape index (κ3) is 5.12. The van der Waals surface area contributed by atoms with Crippen LogP contribution in [0.5, 0.6) is 5.75 Å². The molecular weight excluding hydrogens is 278 g/mol. The van der Waals surface area contributed by atoms with Crippen LogP contribution in [0.3, 0.4) is 0 Å². The molecule has 5 heteroatoms. The van der Waals surface area contributed by atoms with E-state index in [4.69, 9.17) is 31.2 Å². The van der Waals surface area contributed by atoms with Crippen molar-refractivity contribution < 1.29 is 14.2 Å². The molecule has 112 valence electrons. The lowest BCUT2D eigenvalue weighted by atomic mass is 10.1. The van der Waals surface area contributed by atoms with Crippen molar-refractivity contribution in [1.82, 2.24) is 0 Å². The van der Waals surface area contributed by atoms with Crippen molar-refractivity contribution in [2.75, 3.05) is 20.3 Å². The second kappa shape index (κ2) is 8.95. The molecule has 0 aliphatic carbocycles. The van der Waals surface area contributed by atoms with E-state index in [-0.39, 0.29) is 0 Å². The Morgan fingerprint density at radius 1 is 1.25 bits per heavy atom. The van der Waals surface area contributed by atoms with Crippen LogP contribution < -0.4 is 4.74 Å². The number of methoxy groups -OCH3 is 1. The Balaban J connectivity index is 2.59. The van der Waals surface area contributed by atoms with Crippen LogP contribution >= 0.6 is 11.6 Å². The Morgan fingerprint density at radius 2 is 1.90 bits per heavy atom. The molecule has 0 aliphatic heterocycles. The first kappa shape index (κ1) is 17.0. The fourth-order valence-corrected chi connectivity index (χ4v) is 2.00. The second-order valence-corrected chi connectivity index (χ2v) is 4.64. The molecule has 0 fully saturated rings. The normalized spacial score (nSPS) is 10.8. The van der Waals surface area contributed by atoms with Gasteiger partial charge in [-0.1, -0.05) is 17.7 Å². The molecule has 0 heterocycles. The minimum absolute atomic E-state index is 0.447. The summed E-state index contributed by atoms with van der Waals surface area (Å²) in [6.07, 6.45) is 0.762. The van der Waals surface area contributed by atoms with Gasteiger partial charge in [0.15, 0.2) is 6.29 Å². The average Bonchev–Trinajstić information content (AvgIpc) is 2.45. The number of halogens is 1. The molecule has 0 radical (unpaired) electrons. The Hall–Kier alpha value is -1.10. The van der Waals surface area contributed by atoms with E-state index in [1.807, 2.05) is 32.0 Å². The van der Waals surface area contributed by atoms with Gasteiger partial charge in [-0.05, 0) is 44.4 Å². The van der Waals surface area contributed by atoms with Gasteiger partial charge in [-0.3, -0.25) is 0 Å². The first-order chi connectivity index (χ1) is 9.62. The summed E-state index contributed by atoms with van der Waals surface area (Å²) in [7, 11) is 1.59. The summed E-state index contributed by atoms with van der Waals surface area (Å²) in [5.41, 5.74) is 1.52. The zero-order chi connectivity index (χ0) is 15.0.